The number of hydrogen-bond donors (Lipinski definition) is 2. The van der Waals surface area contributed by atoms with Gasteiger partial charge in [-0.2, -0.15) is 0 Å². The molecule has 1 aromatic carbocycles. The molecule has 7 nitrogen and oxygen atoms in total. The number of aliphatic imine (C=N–C) groups is 1. The number of amides is 1. The van der Waals surface area contributed by atoms with E-state index in [2.05, 4.69) is 16.3 Å². The van der Waals surface area contributed by atoms with Crippen molar-refractivity contribution in [2.24, 2.45) is 10.9 Å². The number of sulfonamides is 1. The van der Waals surface area contributed by atoms with Gasteiger partial charge in [-0.3, -0.25) is 9.52 Å². The number of dihydropyridines is 1. The maximum absolute atomic E-state index is 12.3. The highest BCUT2D eigenvalue weighted by Gasteiger charge is 2.38. The molecule has 8 heteroatoms. The number of nitrogens with one attached hydrogen (secondary N) is 1. The van der Waals surface area contributed by atoms with Crippen molar-refractivity contribution in [3.05, 3.63) is 59.3 Å². The lowest BCUT2D eigenvalue weighted by atomic mass is 9.95. The van der Waals surface area contributed by atoms with Crippen molar-refractivity contribution >= 4 is 27.6 Å². The van der Waals surface area contributed by atoms with Gasteiger partial charge in [-0.15, -0.1) is 0 Å². The van der Waals surface area contributed by atoms with Gasteiger partial charge < -0.3 is 5.11 Å². The topological polar surface area (TPSA) is 113 Å². The van der Waals surface area contributed by atoms with Crippen molar-refractivity contribution in [2.45, 2.75) is 18.6 Å². The molecule has 25 heavy (non-hydrogen) atoms. The number of benzene rings is 1. The molecule has 0 saturated heterocycles. The van der Waals surface area contributed by atoms with Gasteiger partial charge in [0.25, 0.3) is 5.91 Å². The van der Waals surface area contributed by atoms with E-state index in [1.807, 2.05) is 0 Å². The van der Waals surface area contributed by atoms with E-state index in [1.165, 1.54) is 0 Å². The van der Waals surface area contributed by atoms with E-state index in [0.717, 1.165) is 12.8 Å². The number of aliphatic carboxylic acids is 1. The van der Waals surface area contributed by atoms with Gasteiger partial charge in [0.05, 0.1) is 17.0 Å². The molecule has 2 N–H and O–H groups in total. The van der Waals surface area contributed by atoms with Gasteiger partial charge in [-0.05, 0) is 18.4 Å². The fourth-order valence-electron chi connectivity index (χ4n) is 2.63. The van der Waals surface area contributed by atoms with E-state index < -0.39 is 33.2 Å². The average molecular weight is 360 g/mol. The Labute approximate surface area is 144 Å². The van der Waals surface area contributed by atoms with Crippen LogP contribution in [0.3, 0.4) is 0 Å². The molecule has 1 aliphatic carbocycles. The summed E-state index contributed by atoms with van der Waals surface area (Å²) < 4.78 is 26.8. The Morgan fingerprint density at radius 1 is 1.28 bits per heavy atom. The summed E-state index contributed by atoms with van der Waals surface area (Å²) in [6.07, 6.45) is 1.63. The summed E-state index contributed by atoms with van der Waals surface area (Å²) in [6, 6.07) is 8.37. The van der Waals surface area contributed by atoms with Crippen molar-refractivity contribution in [1.82, 2.24) is 4.72 Å². The lowest BCUT2D eigenvalue weighted by Gasteiger charge is -2.19. The van der Waals surface area contributed by atoms with Crippen LogP contribution in [0.5, 0.6) is 0 Å². The van der Waals surface area contributed by atoms with Crippen molar-refractivity contribution in [3.8, 4) is 0 Å². The zero-order chi connectivity index (χ0) is 18.2. The number of carbonyl (C=O) groups excluding carboxylic acids is 1. The van der Waals surface area contributed by atoms with Crippen molar-refractivity contribution in [2.75, 3.05) is 0 Å². The van der Waals surface area contributed by atoms with Crippen LogP contribution in [0.25, 0.3) is 0 Å². The summed E-state index contributed by atoms with van der Waals surface area (Å²) in [7, 11) is -3.98. The number of carboxylic acid groups (broad SMARTS) is 1. The Morgan fingerprint density at radius 2 is 1.92 bits per heavy atom. The molecule has 130 valence electrons. The average Bonchev–Trinajstić information content (AvgIpc) is 3.35. The van der Waals surface area contributed by atoms with E-state index in [9.17, 15) is 23.1 Å². The minimum absolute atomic E-state index is 0.0216. The first-order chi connectivity index (χ1) is 11.8. The summed E-state index contributed by atoms with van der Waals surface area (Å²) in [4.78, 5) is 27.7. The minimum Gasteiger partial charge on any atom is -0.478 e. The highest BCUT2D eigenvalue weighted by molar-refractivity contribution is 7.88. The summed E-state index contributed by atoms with van der Waals surface area (Å²) >= 11 is 0. The Hall–Kier alpha value is -2.74. The number of carboxylic acids is 1. The van der Waals surface area contributed by atoms with Crippen molar-refractivity contribution in [3.63, 3.8) is 0 Å². The zero-order valence-corrected chi connectivity index (χ0v) is 14.0. The second-order valence-electron chi connectivity index (χ2n) is 5.96. The van der Waals surface area contributed by atoms with Crippen LogP contribution in [0, 0.1) is 5.92 Å². The lowest BCUT2D eigenvalue weighted by Crippen LogP contribution is -2.35. The van der Waals surface area contributed by atoms with Crippen LogP contribution in [0.2, 0.25) is 0 Å². The van der Waals surface area contributed by atoms with Crippen LogP contribution in [0.4, 0.5) is 0 Å². The van der Waals surface area contributed by atoms with Gasteiger partial charge in [0.15, 0.2) is 0 Å². The molecule has 0 aromatic heterocycles. The van der Waals surface area contributed by atoms with Crippen molar-refractivity contribution in [1.29, 1.82) is 0 Å². The lowest BCUT2D eigenvalue weighted by molar-refractivity contribution is -0.132. The van der Waals surface area contributed by atoms with Gasteiger partial charge in [-0.1, -0.05) is 36.9 Å². The molecule has 1 aromatic rings. The summed E-state index contributed by atoms with van der Waals surface area (Å²) in [5.74, 6) is -2.68. The summed E-state index contributed by atoms with van der Waals surface area (Å²) in [5, 5.41) is 9.44. The highest BCUT2D eigenvalue weighted by Crippen LogP contribution is 2.37. The maximum Gasteiger partial charge on any atom is 0.338 e. The molecule has 0 unspecified atom stereocenters. The van der Waals surface area contributed by atoms with Gasteiger partial charge in [0.1, 0.15) is 5.70 Å². The molecular formula is C17H16N2O5S. The molecular weight excluding hydrogens is 344 g/mol. The highest BCUT2D eigenvalue weighted by atomic mass is 32.2. The number of nitrogens with zero attached hydrogens (tertiary/aromatic N) is 1. The van der Waals surface area contributed by atoms with E-state index in [4.69, 9.17) is 0 Å². The normalized spacial score (nSPS) is 18.2. The second kappa shape index (κ2) is 6.29. The molecule has 1 fully saturated rings. The first-order valence-electron chi connectivity index (χ1n) is 7.63. The van der Waals surface area contributed by atoms with E-state index in [1.54, 1.807) is 30.3 Å². The molecule has 0 radical (unpaired) electrons. The molecule has 0 spiro atoms. The SMILES string of the molecule is C=C1C(C2CC2)=NC(=O)C(NS(=O)(=O)Cc2ccccc2)=C1C(=O)O. The quantitative estimate of drug-likeness (QED) is 0.796. The van der Waals surface area contributed by atoms with Crippen LogP contribution in [-0.2, 0) is 25.4 Å². The molecule has 0 bridgehead atoms. The van der Waals surface area contributed by atoms with Crippen molar-refractivity contribution < 1.29 is 23.1 Å². The Balaban J connectivity index is 1.92. The molecule has 0 atom stereocenters. The number of rotatable bonds is 6. The third-order valence-corrected chi connectivity index (χ3v) is 5.16. The van der Waals surface area contributed by atoms with E-state index in [-0.39, 0.29) is 17.2 Å². The maximum atomic E-state index is 12.3. The number of hydrogen-bond acceptors (Lipinski definition) is 4. The zero-order valence-electron chi connectivity index (χ0n) is 13.2. The van der Waals surface area contributed by atoms with Gasteiger partial charge >= 0.3 is 5.97 Å². The largest absolute Gasteiger partial charge is 0.478 e. The Bertz CT molecular complexity index is 925. The molecule has 1 saturated carbocycles. The van der Waals surface area contributed by atoms with E-state index in [0.29, 0.717) is 11.3 Å². The standard InChI is InChI=1S/C17H16N2O5S/c1-10-13(17(21)22)15(16(20)18-14(10)12-7-8-12)19-25(23,24)9-11-5-3-2-4-6-11/h2-6,12,19H,1,7-9H2,(H,21,22). The third kappa shape index (κ3) is 3.69. The molecule has 1 heterocycles. The molecule has 2 aliphatic rings. The fraction of sp³-hybridized carbons (Fsp3) is 0.235. The van der Waals surface area contributed by atoms with Gasteiger partial charge in [0, 0.05) is 11.5 Å². The first-order valence-corrected chi connectivity index (χ1v) is 9.28. The smallest absolute Gasteiger partial charge is 0.338 e. The predicted octanol–water partition coefficient (Wildman–Crippen LogP) is 1.39. The third-order valence-electron chi connectivity index (χ3n) is 3.93. The fourth-order valence-corrected chi connectivity index (χ4v) is 3.83. The molecule has 3 rings (SSSR count). The Morgan fingerprint density at radius 3 is 2.48 bits per heavy atom. The summed E-state index contributed by atoms with van der Waals surface area (Å²) in [5.41, 5.74) is -0.0477. The van der Waals surface area contributed by atoms with Gasteiger partial charge in [-0.25, -0.2) is 18.2 Å². The van der Waals surface area contributed by atoms with E-state index >= 15 is 0 Å². The van der Waals surface area contributed by atoms with Crippen LogP contribution in [0.1, 0.15) is 18.4 Å². The summed E-state index contributed by atoms with van der Waals surface area (Å²) in [6.45, 7) is 3.70. The van der Waals surface area contributed by atoms with Crippen LogP contribution < -0.4 is 4.72 Å². The number of carbonyl (C=O) groups is 2. The van der Waals surface area contributed by atoms with Gasteiger partial charge in [0.2, 0.25) is 10.0 Å². The first kappa shape index (κ1) is 17.1. The van der Waals surface area contributed by atoms with Crippen LogP contribution >= 0.6 is 0 Å². The van der Waals surface area contributed by atoms with Crippen LogP contribution in [-0.4, -0.2) is 31.1 Å². The second-order valence-corrected chi connectivity index (χ2v) is 7.68. The minimum atomic E-state index is -3.98. The van der Waals surface area contributed by atoms with Crippen LogP contribution in [0.15, 0.2) is 58.7 Å². The Kier molecular flexibility index (Phi) is 4.30. The molecule has 1 amide bonds. The monoisotopic (exact) mass is 360 g/mol. The predicted molar refractivity (Wildman–Crippen MR) is 91.2 cm³/mol. The molecule has 1 aliphatic heterocycles.